The van der Waals surface area contributed by atoms with Crippen LogP contribution >= 0.6 is 39.0 Å². The van der Waals surface area contributed by atoms with Crippen molar-refractivity contribution in [2.75, 3.05) is 11.1 Å². The van der Waals surface area contributed by atoms with Gasteiger partial charge in [-0.05, 0) is 24.3 Å². The van der Waals surface area contributed by atoms with E-state index in [-0.39, 0.29) is 5.78 Å². The highest BCUT2D eigenvalue weighted by Gasteiger charge is 2.10. The fourth-order valence-electron chi connectivity index (χ4n) is 1.79. The molecule has 0 spiro atoms. The lowest BCUT2D eigenvalue weighted by molar-refractivity contribution is 0.102. The van der Waals surface area contributed by atoms with Gasteiger partial charge < -0.3 is 9.73 Å². The van der Waals surface area contributed by atoms with Crippen LogP contribution in [0.2, 0.25) is 0 Å². The smallest absolute Gasteiger partial charge is 0.206 e. The summed E-state index contributed by atoms with van der Waals surface area (Å²) in [6.07, 6.45) is 1.63. The molecule has 0 aliphatic heterocycles. The van der Waals surface area contributed by atoms with E-state index >= 15 is 0 Å². The number of thioether (sulfide) groups is 1. The number of carbonyl (C=O) groups excluding carboxylic acids is 1. The lowest BCUT2D eigenvalue weighted by Crippen LogP contribution is -2.01. The standard InChI is InChI=1S/C15H12BrN3O2S2/c16-11-4-1-3-10(7-11)13(20)9-22-15-19-18-14(23-15)17-8-12-5-2-6-21-12/h1-7H,8-9H2,(H,17,18). The van der Waals surface area contributed by atoms with Crippen LogP contribution in [0.25, 0.3) is 0 Å². The number of carbonyl (C=O) groups is 1. The molecule has 8 heteroatoms. The van der Waals surface area contributed by atoms with E-state index < -0.39 is 0 Å². The van der Waals surface area contributed by atoms with E-state index in [1.807, 2.05) is 36.4 Å². The van der Waals surface area contributed by atoms with Gasteiger partial charge >= 0.3 is 0 Å². The molecule has 1 N–H and O–H groups in total. The minimum atomic E-state index is 0.0663. The first kappa shape index (κ1) is 16.2. The number of ketones is 1. The third-order valence-corrected chi connectivity index (χ3v) is 5.38. The first-order valence-electron chi connectivity index (χ1n) is 6.72. The van der Waals surface area contributed by atoms with Crippen molar-refractivity contribution < 1.29 is 9.21 Å². The first-order valence-corrected chi connectivity index (χ1v) is 9.31. The van der Waals surface area contributed by atoms with Gasteiger partial charge in [0, 0.05) is 10.0 Å². The van der Waals surface area contributed by atoms with E-state index in [9.17, 15) is 4.79 Å². The number of benzene rings is 1. The van der Waals surface area contributed by atoms with Crippen molar-refractivity contribution in [1.82, 2.24) is 10.2 Å². The summed E-state index contributed by atoms with van der Waals surface area (Å²) in [7, 11) is 0. The van der Waals surface area contributed by atoms with Crippen LogP contribution in [0.3, 0.4) is 0 Å². The summed E-state index contributed by atoms with van der Waals surface area (Å²) in [6.45, 7) is 0.559. The lowest BCUT2D eigenvalue weighted by atomic mass is 10.2. The Morgan fingerprint density at radius 2 is 2.22 bits per heavy atom. The molecule has 5 nitrogen and oxygen atoms in total. The number of nitrogens with zero attached hydrogens (tertiary/aromatic N) is 2. The van der Waals surface area contributed by atoms with Gasteiger partial charge in [-0.25, -0.2) is 0 Å². The van der Waals surface area contributed by atoms with Crippen LogP contribution in [-0.2, 0) is 6.54 Å². The third-order valence-electron chi connectivity index (χ3n) is 2.87. The maximum Gasteiger partial charge on any atom is 0.206 e. The maximum absolute atomic E-state index is 12.1. The minimum absolute atomic E-state index is 0.0663. The summed E-state index contributed by atoms with van der Waals surface area (Å²) < 4.78 is 6.90. The molecule has 2 aromatic heterocycles. The highest BCUT2D eigenvalue weighted by Crippen LogP contribution is 2.26. The Bertz CT molecular complexity index is 790. The van der Waals surface area contributed by atoms with Crippen molar-refractivity contribution in [3.8, 4) is 0 Å². The van der Waals surface area contributed by atoms with Gasteiger partial charge in [-0.1, -0.05) is 51.2 Å². The molecule has 1 aromatic carbocycles. The molecule has 0 saturated heterocycles. The Morgan fingerprint density at radius 1 is 1.30 bits per heavy atom. The van der Waals surface area contributed by atoms with Gasteiger partial charge in [0.25, 0.3) is 0 Å². The van der Waals surface area contributed by atoms with Crippen molar-refractivity contribution in [2.45, 2.75) is 10.9 Å². The van der Waals surface area contributed by atoms with E-state index in [0.29, 0.717) is 23.0 Å². The molecule has 0 bridgehead atoms. The predicted octanol–water partition coefficient (Wildman–Crippen LogP) is 4.48. The normalized spacial score (nSPS) is 10.7. The molecular weight excluding hydrogens is 398 g/mol. The van der Waals surface area contributed by atoms with Gasteiger partial charge in [0.2, 0.25) is 5.13 Å². The molecule has 0 saturated carbocycles. The Morgan fingerprint density at radius 3 is 3.00 bits per heavy atom. The highest BCUT2D eigenvalue weighted by molar-refractivity contribution is 9.10. The predicted molar refractivity (Wildman–Crippen MR) is 95.1 cm³/mol. The zero-order chi connectivity index (χ0) is 16.1. The molecule has 0 amide bonds. The van der Waals surface area contributed by atoms with Crippen molar-refractivity contribution in [1.29, 1.82) is 0 Å². The number of halogens is 1. The van der Waals surface area contributed by atoms with E-state index in [0.717, 1.165) is 14.6 Å². The number of furan rings is 1. The molecule has 2 heterocycles. The number of hydrogen-bond donors (Lipinski definition) is 1. The molecule has 3 rings (SSSR count). The monoisotopic (exact) mass is 409 g/mol. The number of hydrogen-bond acceptors (Lipinski definition) is 7. The largest absolute Gasteiger partial charge is 0.467 e. The quantitative estimate of drug-likeness (QED) is 0.458. The van der Waals surface area contributed by atoms with Crippen LogP contribution in [-0.4, -0.2) is 21.7 Å². The second-order valence-electron chi connectivity index (χ2n) is 4.53. The van der Waals surface area contributed by atoms with Crippen molar-refractivity contribution in [3.63, 3.8) is 0 Å². The summed E-state index contributed by atoms with van der Waals surface area (Å²) >= 11 is 6.18. The number of aromatic nitrogens is 2. The minimum Gasteiger partial charge on any atom is -0.467 e. The number of anilines is 1. The Hall–Kier alpha value is -1.64. The third kappa shape index (κ3) is 4.66. The van der Waals surface area contributed by atoms with Crippen molar-refractivity contribution >= 4 is 49.9 Å². The highest BCUT2D eigenvalue weighted by atomic mass is 79.9. The number of Topliss-reactive ketones (excluding diaryl/α,β-unsaturated/α-hetero) is 1. The van der Waals surface area contributed by atoms with Gasteiger partial charge in [0.1, 0.15) is 5.76 Å². The molecule has 118 valence electrons. The van der Waals surface area contributed by atoms with E-state index in [2.05, 4.69) is 31.4 Å². The molecule has 0 fully saturated rings. The van der Waals surface area contributed by atoms with Crippen LogP contribution in [0.5, 0.6) is 0 Å². The average molecular weight is 410 g/mol. The Labute approximate surface area is 149 Å². The van der Waals surface area contributed by atoms with E-state index in [4.69, 9.17) is 4.42 Å². The summed E-state index contributed by atoms with van der Waals surface area (Å²) in [5, 5.41) is 12.0. The second-order valence-corrected chi connectivity index (χ2v) is 7.64. The fourth-order valence-corrected chi connectivity index (χ4v) is 3.83. The zero-order valence-electron chi connectivity index (χ0n) is 11.9. The van der Waals surface area contributed by atoms with Gasteiger partial charge in [-0.15, -0.1) is 10.2 Å². The molecule has 0 unspecified atom stereocenters. The Balaban J connectivity index is 1.51. The van der Waals surface area contributed by atoms with E-state index in [1.165, 1.54) is 23.1 Å². The van der Waals surface area contributed by atoms with Gasteiger partial charge in [-0.2, -0.15) is 0 Å². The number of nitrogens with one attached hydrogen (secondary N) is 1. The molecule has 23 heavy (non-hydrogen) atoms. The molecule has 0 radical (unpaired) electrons. The number of rotatable bonds is 7. The maximum atomic E-state index is 12.1. The van der Waals surface area contributed by atoms with Crippen LogP contribution in [0.4, 0.5) is 5.13 Å². The molecular formula is C15H12BrN3O2S2. The van der Waals surface area contributed by atoms with Crippen molar-refractivity contribution in [2.24, 2.45) is 0 Å². The first-order chi connectivity index (χ1) is 11.2. The second kappa shape index (κ2) is 7.76. The van der Waals surface area contributed by atoms with Crippen LogP contribution in [0, 0.1) is 0 Å². The van der Waals surface area contributed by atoms with Crippen LogP contribution < -0.4 is 5.32 Å². The topological polar surface area (TPSA) is 68.0 Å². The SMILES string of the molecule is O=C(CSc1nnc(NCc2ccco2)s1)c1cccc(Br)c1. The molecule has 0 atom stereocenters. The van der Waals surface area contributed by atoms with Gasteiger partial charge in [0.05, 0.1) is 18.6 Å². The molecule has 0 aliphatic carbocycles. The Kier molecular flexibility index (Phi) is 5.47. The van der Waals surface area contributed by atoms with Gasteiger partial charge in [-0.3, -0.25) is 4.79 Å². The molecule has 0 aliphatic rings. The summed E-state index contributed by atoms with van der Waals surface area (Å²) in [5.41, 5.74) is 0.688. The van der Waals surface area contributed by atoms with Crippen LogP contribution in [0.15, 0.2) is 55.9 Å². The molecule has 3 aromatic rings. The fraction of sp³-hybridized carbons (Fsp3) is 0.133. The lowest BCUT2D eigenvalue weighted by Gasteiger charge is -1.99. The van der Waals surface area contributed by atoms with Crippen LogP contribution in [0.1, 0.15) is 16.1 Å². The summed E-state index contributed by atoms with van der Waals surface area (Å²) in [4.78, 5) is 12.1. The zero-order valence-corrected chi connectivity index (χ0v) is 15.1. The summed E-state index contributed by atoms with van der Waals surface area (Å²) in [6, 6.07) is 11.1. The summed E-state index contributed by atoms with van der Waals surface area (Å²) in [5.74, 6) is 1.24. The average Bonchev–Trinajstić information content (AvgIpc) is 3.22. The van der Waals surface area contributed by atoms with E-state index in [1.54, 1.807) is 6.26 Å². The van der Waals surface area contributed by atoms with Crippen molar-refractivity contribution in [3.05, 3.63) is 58.5 Å². The van der Waals surface area contributed by atoms with Gasteiger partial charge in [0.15, 0.2) is 10.1 Å².